The lowest BCUT2D eigenvalue weighted by Gasteiger charge is -2.22. The molecule has 0 unspecified atom stereocenters. The first-order chi connectivity index (χ1) is 9.16. The Balaban J connectivity index is 2.07. The Kier molecular flexibility index (Phi) is 5.19. The van der Waals surface area contributed by atoms with Crippen LogP contribution in [0.1, 0.15) is 44.9 Å². The van der Waals surface area contributed by atoms with E-state index in [1.54, 1.807) is 12.1 Å². The molecule has 0 aliphatic heterocycles. The van der Waals surface area contributed by atoms with Gasteiger partial charge in [0.2, 0.25) is 0 Å². The predicted molar refractivity (Wildman–Crippen MR) is 80.5 cm³/mol. The van der Waals surface area contributed by atoms with Gasteiger partial charge < -0.3 is 5.32 Å². The molecule has 0 saturated heterocycles. The highest BCUT2D eigenvalue weighted by Crippen LogP contribution is 2.29. The van der Waals surface area contributed by atoms with Gasteiger partial charge in [0.1, 0.15) is 0 Å². The fourth-order valence-electron chi connectivity index (χ4n) is 2.56. The molecule has 2 rings (SSSR count). The summed E-state index contributed by atoms with van der Waals surface area (Å²) in [6.45, 7) is 0. The molecule has 0 aromatic heterocycles. The van der Waals surface area contributed by atoms with Crippen LogP contribution in [0.3, 0.4) is 0 Å². The molecular formula is C14H19BrN2O2. The van der Waals surface area contributed by atoms with Crippen LogP contribution in [0.5, 0.6) is 0 Å². The Morgan fingerprint density at radius 2 is 1.79 bits per heavy atom. The van der Waals surface area contributed by atoms with E-state index in [1.807, 2.05) is 0 Å². The van der Waals surface area contributed by atoms with Crippen LogP contribution in [-0.2, 0) is 0 Å². The number of rotatable bonds is 3. The lowest BCUT2D eigenvalue weighted by molar-refractivity contribution is -0.384. The maximum Gasteiger partial charge on any atom is 0.271 e. The monoisotopic (exact) mass is 326 g/mol. The van der Waals surface area contributed by atoms with Gasteiger partial charge in [0, 0.05) is 22.6 Å². The molecule has 1 saturated carbocycles. The minimum atomic E-state index is -0.351. The third kappa shape index (κ3) is 4.20. The summed E-state index contributed by atoms with van der Waals surface area (Å²) in [4.78, 5) is 10.5. The van der Waals surface area contributed by atoms with Crippen LogP contribution in [0.25, 0.3) is 0 Å². The van der Waals surface area contributed by atoms with Crippen LogP contribution in [0.4, 0.5) is 11.4 Å². The highest BCUT2D eigenvalue weighted by Gasteiger charge is 2.15. The van der Waals surface area contributed by atoms with E-state index in [2.05, 4.69) is 21.2 Å². The van der Waals surface area contributed by atoms with Crippen molar-refractivity contribution in [2.24, 2.45) is 0 Å². The molecule has 19 heavy (non-hydrogen) atoms. The molecule has 0 heterocycles. The molecule has 104 valence electrons. The van der Waals surface area contributed by atoms with E-state index in [4.69, 9.17) is 0 Å². The molecule has 0 radical (unpaired) electrons. The van der Waals surface area contributed by atoms with Gasteiger partial charge in [0.15, 0.2) is 0 Å². The first-order valence-electron chi connectivity index (χ1n) is 6.87. The van der Waals surface area contributed by atoms with E-state index in [0.717, 1.165) is 23.0 Å². The van der Waals surface area contributed by atoms with Gasteiger partial charge in [-0.25, -0.2) is 0 Å². The summed E-state index contributed by atoms with van der Waals surface area (Å²) >= 11 is 3.46. The van der Waals surface area contributed by atoms with E-state index < -0.39 is 0 Å². The smallest absolute Gasteiger partial charge is 0.271 e. The third-order valence-corrected chi connectivity index (χ3v) is 4.32. The number of non-ortho nitro benzene ring substituents is 1. The average Bonchev–Trinajstić information content (AvgIpc) is 2.34. The normalized spacial score (nSPS) is 17.5. The number of nitro benzene ring substituents is 1. The van der Waals surface area contributed by atoms with E-state index >= 15 is 0 Å². The standard InChI is InChI=1S/C14H19BrN2O2/c15-13-9-8-12(17(18)19)10-14(13)16-11-6-4-2-1-3-5-7-11/h8-11,16H,1-7H2. The van der Waals surface area contributed by atoms with E-state index in [9.17, 15) is 10.1 Å². The Labute approximate surface area is 121 Å². The zero-order valence-electron chi connectivity index (χ0n) is 10.9. The lowest BCUT2D eigenvalue weighted by atomic mass is 9.96. The average molecular weight is 327 g/mol. The van der Waals surface area contributed by atoms with Crippen molar-refractivity contribution in [3.05, 3.63) is 32.8 Å². The van der Waals surface area contributed by atoms with Gasteiger partial charge in [-0.2, -0.15) is 0 Å². The summed E-state index contributed by atoms with van der Waals surface area (Å²) in [5.74, 6) is 0. The molecule has 1 aliphatic rings. The molecule has 0 atom stereocenters. The zero-order valence-corrected chi connectivity index (χ0v) is 12.5. The second-order valence-electron chi connectivity index (χ2n) is 5.11. The van der Waals surface area contributed by atoms with Crippen molar-refractivity contribution >= 4 is 27.3 Å². The molecule has 1 fully saturated rings. The van der Waals surface area contributed by atoms with Crippen molar-refractivity contribution in [2.45, 2.75) is 51.0 Å². The Hall–Kier alpha value is -1.10. The van der Waals surface area contributed by atoms with Crippen molar-refractivity contribution in [1.82, 2.24) is 0 Å². The van der Waals surface area contributed by atoms with Crippen molar-refractivity contribution in [3.8, 4) is 0 Å². The summed E-state index contributed by atoms with van der Waals surface area (Å²) in [6, 6.07) is 5.30. The van der Waals surface area contributed by atoms with Crippen LogP contribution in [0.2, 0.25) is 0 Å². The highest BCUT2D eigenvalue weighted by atomic mass is 79.9. The van der Waals surface area contributed by atoms with Gasteiger partial charge in [-0.1, -0.05) is 32.1 Å². The fraction of sp³-hybridized carbons (Fsp3) is 0.571. The summed E-state index contributed by atoms with van der Waals surface area (Å²) in [6.07, 6.45) is 8.72. The lowest BCUT2D eigenvalue weighted by Crippen LogP contribution is -2.20. The van der Waals surface area contributed by atoms with Crippen molar-refractivity contribution < 1.29 is 4.92 Å². The topological polar surface area (TPSA) is 55.2 Å². The number of hydrogen-bond acceptors (Lipinski definition) is 3. The van der Waals surface area contributed by atoms with Crippen molar-refractivity contribution in [3.63, 3.8) is 0 Å². The number of benzene rings is 1. The number of nitrogens with one attached hydrogen (secondary N) is 1. The van der Waals surface area contributed by atoms with E-state index in [1.165, 1.54) is 38.2 Å². The van der Waals surface area contributed by atoms with Gasteiger partial charge in [-0.05, 0) is 34.8 Å². The van der Waals surface area contributed by atoms with Gasteiger partial charge in [-0.15, -0.1) is 0 Å². The maximum atomic E-state index is 10.8. The maximum absolute atomic E-state index is 10.8. The Morgan fingerprint density at radius 3 is 2.42 bits per heavy atom. The van der Waals surface area contributed by atoms with Crippen LogP contribution in [0.15, 0.2) is 22.7 Å². The summed E-state index contributed by atoms with van der Waals surface area (Å²) < 4.78 is 0.889. The second kappa shape index (κ2) is 6.89. The fourth-order valence-corrected chi connectivity index (χ4v) is 2.92. The molecular weight excluding hydrogens is 308 g/mol. The minimum Gasteiger partial charge on any atom is -0.381 e. The number of anilines is 1. The van der Waals surface area contributed by atoms with Crippen LogP contribution < -0.4 is 5.32 Å². The molecule has 5 heteroatoms. The third-order valence-electron chi connectivity index (χ3n) is 3.63. The quantitative estimate of drug-likeness (QED) is 0.636. The van der Waals surface area contributed by atoms with Crippen LogP contribution >= 0.6 is 15.9 Å². The van der Waals surface area contributed by atoms with Gasteiger partial charge in [0.05, 0.1) is 10.6 Å². The molecule has 1 aromatic rings. The molecule has 4 nitrogen and oxygen atoms in total. The first-order valence-corrected chi connectivity index (χ1v) is 7.66. The SMILES string of the molecule is O=[N+]([O-])c1ccc(Br)c(NC2CCCCCCC2)c1. The van der Waals surface area contributed by atoms with Crippen LogP contribution in [0, 0.1) is 10.1 Å². The van der Waals surface area contributed by atoms with Gasteiger partial charge in [0.25, 0.3) is 5.69 Å². The molecule has 1 aromatic carbocycles. The van der Waals surface area contributed by atoms with Crippen LogP contribution in [-0.4, -0.2) is 11.0 Å². The summed E-state index contributed by atoms with van der Waals surface area (Å²) in [7, 11) is 0. The predicted octanol–water partition coefficient (Wildman–Crippen LogP) is 4.88. The zero-order chi connectivity index (χ0) is 13.7. The molecule has 1 N–H and O–H groups in total. The largest absolute Gasteiger partial charge is 0.381 e. The Morgan fingerprint density at radius 1 is 1.16 bits per heavy atom. The van der Waals surface area contributed by atoms with E-state index in [0.29, 0.717) is 6.04 Å². The molecule has 1 aliphatic carbocycles. The molecule has 0 bridgehead atoms. The molecule has 0 spiro atoms. The number of nitrogens with zero attached hydrogens (tertiary/aromatic N) is 1. The summed E-state index contributed by atoms with van der Waals surface area (Å²) in [5, 5.41) is 14.3. The summed E-state index contributed by atoms with van der Waals surface area (Å²) in [5.41, 5.74) is 0.969. The number of hydrogen-bond donors (Lipinski definition) is 1. The van der Waals surface area contributed by atoms with E-state index in [-0.39, 0.29) is 10.6 Å². The first kappa shape index (κ1) is 14.3. The Bertz CT molecular complexity index is 443. The van der Waals surface area contributed by atoms with Crippen molar-refractivity contribution in [1.29, 1.82) is 0 Å². The number of halogens is 1. The highest BCUT2D eigenvalue weighted by molar-refractivity contribution is 9.10. The van der Waals surface area contributed by atoms with Crippen molar-refractivity contribution in [2.75, 3.05) is 5.32 Å². The minimum absolute atomic E-state index is 0.136. The van der Waals surface area contributed by atoms with Gasteiger partial charge >= 0.3 is 0 Å². The molecule has 0 amide bonds. The second-order valence-corrected chi connectivity index (χ2v) is 5.96. The van der Waals surface area contributed by atoms with Gasteiger partial charge in [-0.3, -0.25) is 10.1 Å². The number of nitro groups is 1.